The summed E-state index contributed by atoms with van der Waals surface area (Å²) in [5.41, 5.74) is 3.82. The molecule has 100 valence electrons. The van der Waals surface area contributed by atoms with E-state index in [2.05, 4.69) is 25.1 Å². The van der Waals surface area contributed by atoms with Gasteiger partial charge in [0.05, 0.1) is 0 Å². The summed E-state index contributed by atoms with van der Waals surface area (Å²) in [5.74, 6) is 0.252. The van der Waals surface area contributed by atoms with Crippen LogP contribution in [0.4, 0.5) is 0 Å². The topological polar surface area (TPSA) is 20.2 Å². The highest BCUT2D eigenvalue weighted by atomic mass is 35.5. The van der Waals surface area contributed by atoms with Gasteiger partial charge in [0.2, 0.25) is 0 Å². The molecule has 0 saturated heterocycles. The second kappa shape index (κ2) is 6.74. The largest absolute Gasteiger partial charge is 0.396 e. The molecular weight excluding hydrogens is 256 g/mol. The van der Waals surface area contributed by atoms with Gasteiger partial charge >= 0.3 is 0 Å². The van der Waals surface area contributed by atoms with Crippen molar-refractivity contribution in [3.8, 4) is 0 Å². The van der Waals surface area contributed by atoms with Gasteiger partial charge in [-0.1, -0.05) is 48.0 Å². The molecule has 0 heterocycles. The summed E-state index contributed by atoms with van der Waals surface area (Å²) in [6.45, 7) is 2.32. The predicted molar refractivity (Wildman–Crippen MR) is 80.6 cm³/mol. The average Bonchev–Trinajstić information content (AvgIpc) is 2.43. The van der Waals surface area contributed by atoms with Crippen LogP contribution in [0.3, 0.4) is 0 Å². The zero-order valence-corrected chi connectivity index (χ0v) is 11.9. The lowest BCUT2D eigenvalue weighted by Gasteiger charge is -2.16. The second-order valence-electron chi connectivity index (χ2n) is 5.01. The summed E-state index contributed by atoms with van der Waals surface area (Å²) < 4.78 is 0. The highest BCUT2D eigenvalue weighted by Crippen LogP contribution is 2.18. The third kappa shape index (κ3) is 4.09. The summed E-state index contributed by atoms with van der Waals surface area (Å²) in [6.07, 6.45) is 1.79. The predicted octanol–water partition coefficient (Wildman–Crippen LogP) is 4.04. The van der Waals surface area contributed by atoms with E-state index in [1.807, 2.05) is 30.3 Å². The first kappa shape index (κ1) is 14.1. The van der Waals surface area contributed by atoms with Crippen LogP contribution in [0.1, 0.15) is 16.7 Å². The van der Waals surface area contributed by atoms with E-state index in [4.69, 9.17) is 11.6 Å². The molecule has 1 atom stereocenters. The van der Waals surface area contributed by atoms with Crippen LogP contribution in [0.5, 0.6) is 0 Å². The van der Waals surface area contributed by atoms with E-state index in [1.165, 1.54) is 16.7 Å². The number of halogens is 1. The zero-order valence-electron chi connectivity index (χ0n) is 11.1. The van der Waals surface area contributed by atoms with Gasteiger partial charge in [-0.3, -0.25) is 0 Å². The van der Waals surface area contributed by atoms with E-state index < -0.39 is 0 Å². The van der Waals surface area contributed by atoms with Gasteiger partial charge in [-0.15, -0.1) is 0 Å². The number of hydrogen-bond acceptors (Lipinski definition) is 1. The van der Waals surface area contributed by atoms with Crippen molar-refractivity contribution in [2.24, 2.45) is 5.92 Å². The van der Waals surface area contributed by atoms with Crippen LogP contribution >= 0.6 is 11.6 Å². The Morgan fingerprint density at radius 1 is 1.00 bits per heavy atom. The van der Waals surface area contributed by atoms with Gasteiger partial charge in [-0.25, -0.2) is 0 Å². The van der Waals surface area contributed by atoms with Gasteiger partial charge in [0, 0.05) is 11.6 Å². The van der Waals surface area contributed by atoms with Crippen molar-refractivity contribution in [2.45, 2.75) is 19.8 Å². The van der Waals surface area contributed by atoms with Crippen LogP contribution in [-0.4, -0.2) is 11.7 Å². The summed E-state index contributed by atoms with van der Waals surface area (Å²) in [6, 6.07) is 16.2. The molecule has 0 aliphatic heterocycles. The molecule has 19 heavy (non-hydrogen) atoms. The Bertz CT molecular complexity index is 519. The molecular formula is C17H19ClO. The minimum Gasteiger partial charge on any atom is -0.396 e. The monoisotopic (exact) mass is 274 g/mol. The number of benzene rings is 2. The first-order valence-electron chi connectivity index (χ1n) is 6.59. The molecule has 0 fully saturated rings. The molecule has 0 spiro atoms. The van der Waals surface area contributed by atoms with E-state index in [0.29, 0.717) is 0 Å². The average molecular weight is 275 g/mol. The Morgan fingerprint density at radius 3 is 2.32 bits per heavy atom. The first-order chi connectivity index (χ1) is 9.19. The third-order valence-electron chi connectivity index (χ3n) is 3.47. The first-order valence-corrected chi connectivity index (χ1v) is 6.96. The number of aliphatic hydroxyl groups is 1. The number of rotatable bonds is 5. The van der Waals surface area contributed by atoms with Crippen molar-refractivity contribution in [2.75, 3.05) is 6.61 Å². The smallest absolute Gasteiger partial charge is 0.0465 e. The van der Waals surface area contributed by atoms with Gasteiger partial charge in [0.25, 0.3) is 0 Å². The highest BCUT2D eigenvalue weighted by Gasteiger charge is 2.11. The van der Waals surface area contributed by atoms with Crippen molar-refractivity contribution < 1.29 is 5.11 Å². The molecule has 1 N–H and O–H groups in total. The van der Waals surface area contributed by atoms with Crippen LogP contribution in [0.15, 0.2) is 48.5 Å². The summed E-state index contributed by atoms with van der Waals surface area (Å²) in [5, 5.41) is 10.3. The Hall–Kier alpha value is -1.31. The Balaban J connectivity index is 2.05. The Morgan fingerprint density at radius 2 is 1.68 bits per heavy atom. The van der Waals surface area contributed by atoms with Crippen molar-refractivity contribution in [1.29, 1.82) is 0 Å². The number of aliphatic hydroxyl groups excluding tert-OH is 1. The van der Waals surface area contributed by atoms with E-state index in [9.17, 15) is 5.11 Å². The zero-order chi connectivity index (χ0) is 13.7. The molecule has 2 heteroatoms. The molecule has 2 aromatic carbocycles. The maximum absolute atomic E-state index is 9.57. The third-order valence-corrected chi connectivity index (χ3v) is 3.72. The van der Waals surface area contributed by atoms with Crippen LogP contribution < -0.4 is 0 Å². The Kier molecular flexibility index (Phi) is 5.00. The van der Waals surface area contributed by atoms with E-state index >= 15 is 0 Å². The molecule has 0 aliphatic rings. The molecule has 0 aliphatic carbocycles. The maximum atomic E-state index is 9.57. The van der Waals surface area contributed by atoms with Gasteiger partial charge < -0.3 is 5.11 Å². The summed E-state index contributed by atoms with van der Waals surface area (Å²) >= 11 is 5.88. The van der Waals surface area contributed by atoms with Crippen LogP contribution in [0.2, 0.25) is 5.02 Å². The molecule has 0 aromatic heterocycles. The van der Waals surface area contributed by atoms with Crippen LogP contribution in [-0.2, 0) is 12.8 Å². The molecule has 2 rings (SSSR count). The van der Waals surface area contributed by atoms with E-state index in [-0.39, 0.29) is 12.5 Å². The molecule has 0 amide bonds. The lowest BCUT2D eigenvalue weighted by molar-refractivity contribution is 0.225. The maximum Gasteiger partial charge on any atom is 0.0465 e. The minimum atomic E-state index is 0.205. The second-order valence-corrected chi connectivity index (χ2v) is 5.45. The van der Waals surface area contributed by atoms with Gasteiger partial charge in [0.1, 0.15) is 0 Å². The lowest BCUT2D eigenvalue weighted by Crippen LogP contribution is -2.13. The van der Waals surface area contributed by atoms with Crippen molar-refractivity contribution in [3.63, 3.8) is 0 Å². The van der Waals surface area contributed by atoms with Gasteiger partial charge in [0.15, 0.2) is 0 Å². The standard InChI is InChI=1S/C17H19ClO/c1-13-4-2-3-5-16(13)11-15(12-19)10-14-6-8-17(18)9-7-14/h2-9,15,19H,10-12H2,1H3. The Labute approximate surface area is 119 Å². The molecule has 0 bridgehead atoms. The fourth-order valence-electron chi connectivity index (χ4n) is 2.31. The fraction of sp³-hybridized carbons (Fsp3) is 0.294. The molecule has 0 radical (unpaired) electrons. The van der Waals surface area contributed by atoms with Crippen molar-refractivity contribution >= 4 is 11.6 Å². The molecule has 2 aromatic rings. The quantitative estimate of drug-likeness (QED) is 0.872. The van der Waals surface area contributed by atoms with Crippen LogP contribution in [0, 0.1) is 12.8 Å². The van der Waals surface area contributed by atoms with Gasteiger partial charge in [-0.2, -0.15) is 0 Å². The molecule has 1 nitrogen and oxygen atoms in total. The number of aryl methyl sites for hydroxylation is 1. The minimum absolute atomic E-state index is 0.205. The highest BCUT2D eigenvalue weighted by molar-refractivity contribution is 6.30. The molecule has 0 saturated carbocycles. The van der Waals surface area contributed by atoms with Crippen molar-refractivity contribution in [3.05, 3.63) is 70.2 Å². The fourth-order valence-corrected chi connectivity index (χ4v) is 2.43. The molecule has 1 unspecified atom stereocenters. The van der Waals surface area contributed by atoms with Crippen molar-refractivity contribution in [1.82, 2.24) is 0 Å². The summed E-state index contributed by atoms with van der Waals surface area (Å²) in [4.78, 5) is 0. The lowest BCUT2D eigenvalue weighted by atomic mass is 9.91. The SMILES string of the molecule is Cc1ccccc1CC(CO)Cc1ccc(Cl)cc1. The van der Waals surface area contributed by atoms with Crippen LogP contribution in [0.25, 0.3) is 0 Å². The van der Waals surface area contributed by atoms with E-state index in [1.54, 1.807) is 0 Å². The normalized spacial score (nSPS) is 12.4. The van der Waals surface area contributed by atoms with Gasteiger partial charge in [-0.05, 0) is 54.5 Å². The van der Waals surface area contributed by atoms with E-state index in [0.717, 1.165) is 17.9 Å². The summed E-state index contributed by atoms with van der Waals surface area (Å²) in [7, 11) is 0. The number of hydrogen-bond donors (Lipinski definition) is 1.